The van der Waals surface area contributed by atoms with Crippen LogP contribution in [-0.4, -0.2) is 29.7 Å². The summed E-state index contributed by atoms with van der Waals surface area (Å²) in [7, 11) is 3.18. The molecule has 1 aromatic heterocycles. The van der Waals surface area contributed by atoms with Crippen LogP contribution < -0.4 is 14.8 Å². The summed E-state index contributed by atoms with van der Waals surface area (Å²) >= 11 is 0. The van der Waals surface area contributed by atoms with Crippen LogP contribution in [0.5, 0.6) is 11.5 Å². The van der Waals surface area contributed by atoms with Crippen LogP contribution in [0, 0.1) is 0 Å². The van der Waals surface area contributed by atoms with Gasteiger partial charge in [-0.25, -0.2) is 4.79 Å². The molecule has 4 rings (SSSR count). The van der Waals surface area contributed by atoms with Crippen molar-refractivity contribution < 1.29 is 14.3 Å². The Hall–Kier alpha value is -3.41. The van der Waals surface area contributed by atoms with E-state index in [9.17, 15) is 4.79 Å². The van der Waals surface area contributed by atoms with E-state index in [-0.39, 0.29) is 12.1 Å². The molecule has 0 saturated heterocycles. The van der Waals surface area contributed by atoms with Gasteiger partial charge in [-0.3, -0.25) is 0 Å². The van der Waals surface area contributed by atoms with Crippen molar-refractivity contribution in [3.63, 3.8) is 0 Å². The largest absolute Gasteiger partial charge is 0.497 e. The maximum Gasteiger partial charge on any atom is 0.322 e. The molecule has 0 radical (unpaired) electrons. The van der Waals surface area contributed by atoms with Gasteiger partial charge in [-0.2, -0.15) is 0 Å². The molecule has 29 heavy (non-hydrogen) atoms. The first-order chi connectivity index (χ1) is 14.2. The SMILES string of the molecule is CC[C@@H]1c2cccn2-c2ccccc2CN1C(=O)Nc1cc(OC)ccc1OC. The maximum absolute atomic E-state index is 13.4. The quantitative estimate of drug-likeness (QED) is 0.681. The molecular formula is C23H25N3O3. The summed E-state index contributed by atoms with van der Waals surface area (Å²) in [6.45, 7) is 2.62. The summed E-state index contributed by atoms with van der Waals surface area (Å²) in [5.74, 6) is 1.24. The summed E-state index contributed by atoms with van der Waals surface area (Å²) in [4.78, 5) is 15.3. The molecule has 6 nitrogen and oxygen atoms in total. The number of urea groups is 1. The van der Waals surface area contributed by atoms with E-state index in [2.05, 4.69) is 41.2 Å². The lowest BCUT2D eigenvalue weighted by atomic mass is 10.1. The van der Waals surface area contributed by atoms with E-state index in [1.807, 2.05) is 23.1 Å². The fraction of sp³-hybridized carbons (Fsp3) is 0.261. The van der Waals surface area contributed by atoms with Crippen molar-refractivity contribution in [3.05, 3.63) is 72.1 Å². The van der Waals surface area contributed by atoms with Crippen molar-refractivity contribution in [1.29, 1.82) is 0 Å². The third-order valence-corrected chi connectivity index (χ3v) is 5.39. The van der Waals surface area contributed by atoms with Crippen LogP contribution >= 0.6 is 0 Å². The summed E-state index contributed by atoms with van der Waals surface area (Å²) in [6.07, 6.45) is 2.87. The highest BCUT2D eigenvalue weighted by molar-refractivity contribution is 5.91. The smallest absolute Gasteiger partial charge is 0.322 e. The van der Waals surface area contributed by atoms with Gasteiger partial charge in [-0.05, 0) is 42.3 Å². The predicted octanol–water partition coefficient (Wildman–Crippen LogP) is 4.99. The van der Waals surface area contributed by atoms with Crippen LogP contribution in [0.2, 0.25) is 0 Å². The van der Waals surface area contributed by atoms with Crippen LogP contribution in [-0.2, 0) is 6.54 Å². The molecule has 6 heteroatoms. The molecule has 2 amide bonds. The van der Waals surface area contributed by atoms with Gasteiger partial charge in [0.15, 0.2) is 0 Å². The van der Waals surface area contributed by atoms with Crippen LogP contribution in [0.3, 0.4) is 0 Å². The molecule has 0 bridgehead atoms. The third kappa shape index (κ3) is 3.42. The standard InChI is InChI=1S/C23H25N3O3/c1-4-19-21-10-7-13-25(21)20-9-6-5-8-16(20)15-26(19)23(27)24-18-14-17(28-2)11-12-22(18)29-3/h5-14,19H,4,15H2,1-3H3,(H,24,27)/t19-/m1/s1. The van der Waals surface area contributed by atoms with Crippen molar-refractivity contribution in [2.24, 2.45) is 0 Å². The van der Waals surface area contributed by atoms with E-state index in [1.165, 1.54) is 0 Å². The van der Waals surface area contributed by atoms with Crippen LogP contribution in [0.15, 0.2) is 60.8 Å². The first kappa shape index (κ1) is 18.9. The number of fused-ring (bicyclic) bond motifs is 3. The molecule has 1 N–H and O–H groups in total. The number of nitrogens with one attached hydrogen (secondary N) is 1. The zero-order valence-corrected chi connectivity index (χ0v) is 16.9. The van der Waals surface area contributed by atoms with Crippen molar-refractivity contribution in [1.82, 2.24) is 9.47 Å². The van der Waals surface area contributed by atoms with Gasteiger partial charge >= 0.3 is 6.03 Å². The lowest BCUT2D eigenvalue weighted by Gasteiger charge is -2.30. The van der Waals surface area contributed by atoms with E-state index in [4.69, 9.17) is 9.47 Å². The molecular weight excluding hydrogens is 366 g/mol. The Morgan fingerprint density at radius 2 is 1.93 bits per heavy atom. The second-order valence-corrected chi connectivity index (χ2v) is 6.98. The number of carbonyl (C=O) groups is 1. The van der Waals surface area contributed by atoms with Crippen LogP contribution in [0.1, 0.15) is 30.6 Å². The molecule has 0 aliphatic carbocycles. The Balaban J connectivity index is 1.72. The van der Waals surface area contributed by atoms with Crippen molar-refractivity contribution in [2.75, 3.05) is 19.5 Å². The number of hydrogen-bond acceptors (Lipinski definition) is 3. The zero-order chi connectivity index (χ0) is 20.4. The molecule has 0 unspecified atom stereocenters. The molecule has 3 aromatic rings. The Kier molecular flexibility index (Phi) is 5.16. The minimum absolute atomic E-state index is 0.0472. The number of rotatable bonds is 4. The van der Waals surface area contributed by atoms with Crippen LogP contribution in [0.25, 0.3) is 5.69 Å². The van der Waals surface area contributed by atoms with Gasteiger partial charge < -0.3 is 24.3 Å². The Morgan fingerprint density at radius 1 is 1.10 bits per heavy atom. The van der Waals surface area contributed by atoms with Gasteiger partial charge in [0, 0.05) is 18.0 Å². The second-order valence-electron chi connectivity index (χ2n) is 6.98. The molecule has 2 heterocycles. The summed E-state index contributed by atoms with van der Waals surface area (Å²) in [6, 6.07) is 17.5. The Morgan fingerprint density at radius 3 is 2.69 bits per heavy atom. The van der Waals surface area contributed by atoms with Gasteiger partial charge in [0.05, 0.1) is 38.2 Å². The fourth-order valence-electron chi connectivity index (χ4n) is 3.96. The number of benzene rings is 2. The van der Waals surface area contributed by atoms with Crippen molar-refractivity contribution in [2.45, 2.75) is 25.9 Å². The highest BCUT2D eigenvalue weighted by Gasteiger charge is 2.30. The number of nitrogens with zero attached hydrogens (tertiary/aromatic N) is 2. The van der Waals surface area contributed by atoms with Gasteiger partial charge in [-0.15, -0.1) is 0 Å². The molecule has 2 aromatic carbocycles. The number of carbonyl (C=O) groups excluding carboxylic acids is 1. The fourth-order valence-corrected chi connectivity index (χ4v) is 3.96. The van der Waals surface area contributed by atoms with Crippen LogP contribution in [0.4, 0.5) is 10.5 Å². The number of methoxy groups -OCH3 is 2. The topological polar surface area (TPSA) is 55.7 Å². The molecule has 1 atom stereocenters. The summed E-state index contributed by atoms with van der Waals surface area (Å²) < 4.78 is 12.9. The van der Waals surface area contributed by atoms with Crippen molar-refractivity contribution >= 4 is 11.7 Å². The Bertz CT molecular complexity index is 1030. The lowest BCUT2D eigenvalue weighted by Crippen LogP contribution is -2.37. The number of aromatic nitrogens is 1. The first-order valence-electron chi connectivity index (χ1n) is 9.71. The average Bonchev–Trinajstić information content (AvgIpc) is 3.18. The molecule has 0 spiro atoms. The van der Waals surface area contributed by atoms with Gasteiger partial charge in [0.1, 0.15) is 11.5 Å². The summed E-state index contributed by atoms with van der Waals surface area (Å²) in [5.41, 5.74) is 3.90. The molecule has 0 fully saturated rings. The van der Waals surface area contributed by atoms with E-state index < -0.39 is 0 Å². The van der Waals surface area contributed by atoms with E-state index in [0.717, 1.165) is 23.4 Å². The normalized spacial score (nSPS) is 15.1. The Labute approximate surface area is 170 Å². The van der Waals surface area contributed by atoms with Crippen molar-refractivity contribution in [3.8, 4) is 17.2 Å². The number of para-hydroxylation sites is 1. The summed E-state index contributed by atoms with van der Waals surface area (Å²) in [5, 5.41) is 3.02. The van der Waals surface area contributed by atoms with Gasteiger partial charge in [0.25, 0.3) is 0 Å². The first-order valence-corrected chi connectivity index (χ1v) is 9.71. The lowest BCUT2D eigenvalue weighted by molar-refractivity contribution is 0.181. The number of anilines is 1. The molecule has 150 valence electrons. The molecule has 1 aliphatic heterocycles. The second kappa shape index (κ2) is 7.91. The van der Waals surface area contributed by atoms with Gasteiger partial charge in [0.2, 0.25) is 0 Å². The third-order valence-electron chi connectivity index (χ3n) is 5.39. The molecule has 1 aliphatic rings. The molecule has 0 saturated carbocycles. The number of hydrogen-bond donors (Lipinski definition) is 1. The minimum atomic E-state index is -0.173. The minimum Gasteiger partial charge on any atom is -0.497 e. The van der Waals surface area contributed by atoms with E-state index >= 15 is 0 Å². The average molecular weight is 391 g/mol. The van der Waals surface area contributed by atoms with E-state index in [0.29, 0.717) is 23.7 Å². The highest BCUT2D eigenvalue weighted by atomic mass is 16.5. The highest BCUT2D eigenvalue weighted by Crippen LogP contribution is 2.35. The number of amides is 2. The van der Waals surface area contributed by atoms with Gasteiger partial charge in [-0.1, -0.05) is 25.1 Å². The predicted molar refractivity (Wildman–Crippen MR) is 113 cm³/mol. The maximum atomic E-state index is 13.4. The number of ether oxygens (including phenoxy) is 2. The zero-order valence-electron chi connectivity index (χ0n) is 16.9. The van der Waals surface area contributed by atoms with E-state index in [1.54, 1.807) is 32.4 Å². The monoisotopic (exact) mass is 391 g/mol.